The van der Waals surface area contributed by atoms with Crippen molar-refractivity contribution >= 4 is 17.1 Å². The van der Waals surface area contributed by atoms with E-state index in [1.54, 1.807) is 7.05 Å². The molecular formula is C21H27N5O2. The van der Waals surface area contributed by atoms with Crippen LogP contribution in [0.15, 0.2) is 39.9 Å². The molecule has 3 heterocycles. The first-order chi connectivity index (χ1) is 13.5. The molecule has 4 rings (SSSR count). The number of aryl methyl sites for hydroxylation is 2. The first-order valence-electron chi connectivity index (χ1n) is 9.96. The number of piperidine rings is 1. The molecule has 0 saturated carbocycles. The second kappa shape index (κ2) is 7.30. The van der Waals surface area contributed by atoms with Gasteiger partial charge in [-0.1, -0.05) is 30.3 Å². The van der Waals surface area contributed by atoms with Gasteiger partial charge in [-0.25, -0.2) is 4.79 Å². The molecule has 0 unspecified atom stereocenters. The highest BCUT2D eigenvalue weighted by Crippen LogP contribution is 2.27. The molecule has 0 spiro atoms. The first-order valence-corrected chi connectivity index (χ1v) is 9.96. The van der Waals surface area contributed by atoms with E-state index in [0.29, 0.717) is 23.6 Å². The zero-order chi connectivity index (χ0) is 19.8. The third-order valence-electron chi connectivity index (χ3n) is 5.91. The van der Waals surface area contributed by atoms with E-state index in [9.17, 15) is 9.59 Å². The van der Waals surface area contributed by atoms with E-state index in [0.717, 1.165) is 42.9 Å². The summed E-state index contributed by atoms with van der Waals surface area (Å²) >= 11 is 0. The highest BCUT2D eigenvalue weighted by molar-refractivity contribution is 5.74. The second-order valence-electron chi connectivity index (χ2n) is 7.65. The van der Waals surface area contributed by atoms with Crippen LogP contribution in [0.2, 0.25) is 0 Å². The van der Waals surface area contributed by atoms with Gasteiger partial charge >= 0.3 is 5.69 Å². The average molecular weight is 381 g/mol. The number of hydrogen-bond donors (Lipinski definition) is 0. The van der Waals surface area contributed by atoms with Crippen LogP contribution < -0.4 is 16.1 Å². The minimum absolute atomic E-state index is 0.280. The molecule has 1 aliphatic heterocycles. The summed E-state index contributed by atoms with van der Waals surface area (Å²) in [6, 6.07) is 10.6. The van der Waals surface area contributed by atoms with Crippen LogP contribution in [0.3, 0.4) is 0 Å². The first kappa shape index (κ1) is 18.5. The molecule has 1 aromatic carbocycles. The smallest absolute Gasteiger partial charge is 0.332 e. The number of hydrogen-bond acceptors (Lipinski definition) is 4. The molecule has 148 valence electrons. The number of fused-ring (bicyclic) bond motifs is 1. The Labute approximate surface area is 163 Å². The third kappa shape index (κ3) is 3.04. The molecule has 1 saturated heterocycles. The highest BCUT2D eigenvalue weighted by Gasteiger charge is 2.26. The number of rotatable bonds is 4. The van der Waals surface area contributed by atoms with Gasteiger partial charge in [-0.15, -0.1) is 0 Å². The van der Waals surface area contributed by atoms with Gasteiger partial charge in [0, 0.05) is 33.7 Å². The summed E-state index contributed by atoms with van der Waals surface area (Å²) < 4.78 is 4.58. The lowest BCUT2D eigenvalue weighted by atomic mass is 9.90. The van der Waals surface area contributed by atoms with Crippen LogP contribution in [0.5, 0.6) is 0 Å². The molecule has 0 N–H and O–H groups in total. The third-order valence-corrected chi connectivity index (χ3v) is 5.91. The molecule has 7 nitrogen and oxygen atoms in total. The molecule has 0 amide bonds. The predicted octanol–water partition coefficient (Wildman–Crippen LogP) is 1.91. The second-order valence-corrected chi connectivity index (χ2v) is 7.65. The summed E-state index contributed by atoms with van der Waals surface area (Å²) in [5.41, 5.74) is 1.74. The zero-order valence-corrected chi connectivity index (χ0v) is 16.8. The van der Waals surface area contributed by atoms with Gasteiger partial charge < -0.3 is 9.47 Å². The van der Waals surface area contributed by atoms with E-state index in [1.165, 1.54) is 17.2 Å². The Bertz CT molecular complexity index is 1100. The molecular weight excluding hydrogens is 354 g/mol. The largest absolute Gasteiger partial charge is 0.342 e. The fourth-order valence-corrected chi connectivity index (χ4v) is 4.26. The minimum Gasteiger partial charge on any atom is -0.342 e. The van der Waals surface area contributed by atoms with E-state index >= 15 is 0 Å². The lowest BCUT2D eigenvalue weighted by Gasteiger charge is -2.33. The Hall–Kier alpha value is -2.83. The molecule has 2 aromatic heterocycles. The number of nitrogens with zero attached hydrogens (tertiary/aromatic N) is 5. The van der Waals surface area contributed by atoms with Crippen molar-refractivity contribution < 1.29 is 0 Å². The van der Waals surface area contributed by atoms with Crippen molar-refractivity contribution in [2.24, 2.45) is 20.0 Å². The van der Waals surface area contributed by atoms with Crippen molar-refractivity contribution in [1.29, 1.82) is 0 Å². The van der Waals surface area contributed by atoms with E-state index in [4.69, 9.17) is 4.98 Å². The van der Waals surface area contributed by atoms with E-state index in [1.807, 2.05) is 11.5 Å². The molecule has 1 aliphatic rings. The van der Waals surface area contributed by atoms with E-state index < -0.39 is 0 Å². The maximum atomic E-state index is 12.7. The van der Waals surface area contributed by atoms with Gasteiger partial charge in [0.05, 0.1) is 0 Å². The summed E-state index contributed by atoms with van der Waals surface area (Å²) in [7, 11) is 3.19. The Morgan fingerprint density at radius 3 is 2.36 bits per heavy atom. The minimum atomic E-state index is -0.341. The summed E-state index contributed by atoms with van der Waals surface area (Å²) in [5, 5.41) is 0. The lowest BCUT2D eigenvalue weighted by Crippen LogP contribution is -2.38. The van der Waals surface area contributed by atoms with Crippen LogP contribution >= 0.6 is 0 Å². The van der Waals surface area contributed by atoms with Gasteiger partial charge in [-0.3, -0.25) is 13.9 Å². The molecule has 28 heavy (non-hydrogen) atoms. The Morgan fingerprint density at radius 2 is 1.71 bits per heavy atom. The van der Waals surface area contributed by atoms with Crippen molar-refractivity contribution in [2.45, 2.75) is 32.7 Å². The summed E-state index contributed by atoms with van der Waals surface area (Å²) in [6.45, 7) is 4.48. The SMILES string of the molecule is CCn1c(N2CCC(Cc3ccccc3)CC2)nc2c1c(=O)n(C)c(=O)n2C. The van der Waals surface area contributed by atoms with Gasteiger partial charge in [-0.2, -0.15) is 4.98 Å². The van der Waals surface area contributed by atoms with Gasteiger partial charge in [0.2, 0.25) is 5.95 Å². The van der Waals surface area contributed by atoms with Crippen molar-refractivity contribution in [3.8, 4) is 0 Å². The summed E-state index contributed by atoms with van der Waals surface area (Å²) in [6.07, 6.45) is 3.30. The fraction of sp³-hybridized carbons (Fsp3) is 0.476. The van der Waals surface area contributed by atoms with E-state index in [2.05, 4.69) is 35.2 Å². The van der Waals surface area contributed by atoms with Crippen molar-refractivity contribution in [3.05, 3.63) is 56.7 Å². The monoisotopic (exact) mass is 381 g/mol. The number of benzene rings is 1. The van der Waals surface area contributed by atoms with Crippen LogP contribution in [0.4, 0.5) is 5.95 Å². The van der Waals surface area contributed by atoms with Crippen molar-refractivity contribution in [3.63, 3.8) is 0 Å². The number of anilines is 1. The van der Waals surface area contributed by atoms with Gasteiger partial charge in [-0.05, 0) is 37.7 Å². The van der Waals surface area contributed by atoms with Crippen LogP contribution in [0, 0.1) is 5.92 Å². The number of imidazole rings is 1. The normalized spacial score (nSPS) is 15.5. The zero-order valence-electron chi connectivity index (χ0n) is 16.8. The average Bonchev–Trinajstić information content (AvgIpc) is 3.12. The van der Waals surface area contributed by atoms with Crippen LogP contribution in [0.25, 0.3) is 11.2 Å². The molecule has 0 radical (unpaired) electrons. The van der Waals surface area contributed by atoms with Crippen LogP contribution in [-0.2, 0) is 27.1 Å². The molecule has 0 bridgehead atoms. The standard InChI is InChI=1S/C21H27N5O2/c1-4-26-17-18(23(2)21(28)24(3)19(17)27)22-20(26)25-12-10-16(11-13-25)14-15-8-6-5-7-9-15/h5-9,16H,4,10-14H2,1-3H3. The molecule has 3 aromatic rings. The summed E-state index contributed by atoms with van der Waals surface area (Å²) in [4.78, 5) is 31.9. The molecule has 0 aliphatic carbocycles. The maximum absolute atomic E-state index is 12.7. The van der Waals surface area contributed by atoms with Gasteiger partial charge in [0.25, 0.3) is 5.56 Å². The lowest BCUT2D eigenvalue weighted by molar-refractivity contribution is 0.398. The van der Waals surface area contributed by atoms with Crippen LogP contribution in [-0.4, -0.2) is 31.8 Å². The van der Waals surface area contributed by atoms with Gasteiger partial charge in [0.1, 0.15) is 0 Å². The van der Waals surface area contributed by atoms with Crippen molar-refractivity contribution in [2.75, 3.05) is 18.0 Å². The number of aromatic nitrogens is 4. The van der Waals surface area contributed by atoms with Gasteiger partial charge in [0.15, 0.2) is 11.2 Å². The molecule has 7 heteroatoms. The summed E-state index contributed by atoms with van der Waals surface area (Å²) in [5.74, 6) is 1.46. The Morgan fingerprint density at radius 1 is 1.04 bits per heavy atom. The quantitative estimate of drug-likeness (QED) is 0.693. The fourth-order valence-electron chi connectivity index (χ4n) is 4.26. The topological polar surface area (TPSA) is 65.1 Å². The predicted molar refractivity (Wildman–Crippen MR) is 111 cm³/mol. The molecule has 1 fully saturated rings. The Kier molecular flexibility index (Phi) is 4.83. The highest BCUT2D eigenvalue weighted by atomic mass is 16.2. The van der Waals surface area contributed by atoms with E-state index in [-0.39, 0.29) is 11.2 Å². The molecule has 0 atom stereocenters. The Balaban J connectivity index is 1.62. The van der Waals surface area contributed by atoms with Crippen LogP contribution in [0.1, 0.15) is 25.3 Å². The van der Waals surface area contributed by atoms with Crippen molar-refractivity contribution in [1.82, 2.24) is 18.7 Å². The maximum Gasteiger partial charge on any atom is 0.332 e.